The number of H-pyrrole nitrogens is 1. The molecule has 3 aromatic carbocycles. The van der Waals surface area contributed by atoms with Crippen LogP contribution >= 0.6 is 0 Å². The minimum Gasteiger partial charge on any atom is -0.361 e. The third-order valence-corrected chi connectivity index (χ3v) is 7.12. The van der Waals surface area contributed by atoms with Gasteiger partial charge in [0.1, 0.15) is 17.5 Å². The summed E-state index contributed by atoms with van der Waals surface area (Å²) in [4.78, 5) is 3.44. The molecule has 0 saturated carbocycles. The summed E-state index contributed by atoms with van der Waals surface area (Å²) in [7, 11) is 1.96. The van der Waals surface area contributed by atoms with Crippen molar-refractivity contribution in [3.05, 3.63) is 106 Å². The van der Waals surface area contributed by atoms with Gasteiger partial charge in [-0.25, -0.2) is 4.39 Å². The van der Waals surface area contributed by atoms with Crippen molar-refractivity contribution in [2.45, 2.75) is 44.3 Å². The van der Waals surface area contributed by atoms with E-state index in [0.29, 0.717) is 5.56 Å². The summed E-state index contributed by atoms with van der Waals surface area (Å²) in [5.41, 5.74) is 6.25. The first-order chi connectivity index (χ1) is 17.1. The molecule has 1 aliphatic rings. The molecule has 35 heavy (non-hydrogen) atoms. The van der Waals surface area contributed by atoms with Crippen LogP contribution in [0.2, 0.25) is 0 Å². The second kappa shape index (κ2) is 9.65. The lowest BCUT2D eigenvalue weighted by atomic mass is 9.77. The van der Waals surface area contributed by atoms with E-state index in [4.69, 9.17) is 4.74 Å². The van der Waals surface area contributed by atoms with Crippen LogP contribution in [-0.4, -0.2) is 18.6 Å². The molecule has 2 unspecified atom stereocenters. The van der Waals surface area contributed by atoms with E-state index in [0.717, 1.165) is 70.9 Å². The second-order valence-electron chi connectivity index (χ2n) is 9.25. The Morgan fingerprint density at radius 1 is 1.11 bits per heavy atom. The predicted octanol–water partition coefficient (Wildman–Crippen LogP) is 6.49. The van der Waals surface area contributed by atoms with E-state index in [-0.39, 0.29) is 11.9 Å². The Balaban J connectivity index is 1.81. The topological polar surface area (TPSA) is 60.8 Å². The van der Waals surface area contributed by atoms with Gasteiger partial charge in [-0.2, -0.15) is 5.26 Å². The second-order valence-corrected chi connectivity index (χ2v) is 9.25. The number of nitrogens with zero attached hydrogens (tertiary/aromatic N) is 1. The standard InChI is InChI=1S/C30H30FN3O/c1-3-7-23-21(18-32)12-15-25-28(23)30(16-6-17-33-2,26-19-34-27-9-5-4-8-24(26)27)35-29(25)20-10-13-22(31)14-11-20/h4-5,8-15,19,29,33-34H,3,6-7,16-17H2,1-2H3. The number of hydrogen-bond acceptors (Lipinski definition) is 3. The first-order valence-electron chi connectivity index (χ1n) is 12.3. The molecule has 0 aliphatic carbocycles. The number of ether oxygens (including phenoxy) is 1. The molecule has 0 fully saturated rings. The maximum atomic E-state index is 13.8. The quantitative estimate of drug-likeness (QED) is 0.291. The highest BCUT2D eigenvalue weighted by atomic mass is 19.1. The van der Waals surface area contributed by atoms with Crippen molar-refractivity contribution in [1.82, 2.24) is 10.3 Å². The first-order valence-corrected chi connectivity index (χ1v) is 12.3. The van der Waals surface area contributed by atoms with Crippen molar-refractivity contribution in [3.63, 3.8) is 0 Å². The number of hydrogen-bond donors (Lipinski definition) is 2. The minimum atomic E-state index is -0.734. The summed E-state index contributed by atoms with van der Waals surface area (Å²) in [5, 5.41) is 14.4. The summed E-state index contributed by atoms with van der Waals surface area (Å²) < 4.78 is 21.0. The molecule has 0 radical (unpaired) electrons. The van der Waals surface area contributed by atoms with Crippen LogP contribution in [0.3, 0.4) is 0 Å². The number of aromatic nitrogens is 1. The zero-order valence-corrected chi connectivity index (χ0v) is 20.2. The SMILES string of the molecule is CCCc1c(C#N)ccc2c1C(CCCNC)(c1c[nH]c3ccccc13)OC2c1ccc(F)cc1. The van der Waals surface area contributed by atoms with Gasteiger partial charge in [0.25, 0.3) is 0 Å². The van der Waals surface area contributed by atoms with Crippen LogP contribution in [0.15, 0.2) is 66.9 Å². The van der Waals surface area contributed by atoms with E-state index in [1.165, 1.54) is 12.1 Å². The molecule has 4 aromatic rings. The zero-order chi connectivity index (χ0) is 24.4. The number of para-hydroxylation sites is 1. The molecule has 0 bridgehead atoms. The molecule has 2 N–H and O–H groups in total. The number of nitriles is 1. The Morgan fingerprint density at radius 2 is 1.91 bits per heavy atom. The number of aromatic amines is 1. The maximum absolute atomic E-state index is 13.8. The molecule has 5 heteroatoms. The van der Waals surface area contributed by atoms with E-state index in [9.17, 15) is 9.65 Å². The van der Waals surface area contributed by atoms with Crippen LogP contribution in [0.4, 0.5) is 4.39 Å². The van der Waals surface area contributed by atoms with Gasteiger partial charge in [-0.15, -0.1) is 0 Å². The summed E-state index contributed by atoms with van der Waals surface area (Å²) in [6.07, 6.45) is 5.08. The molecule has 0 saturated heterocycles. The van der Waals surface area contributed by atoms with Crippen molar-refractivity contribution >= 4 is 10.9 Å². The average molecular weight is 468 g/mol. The number of rotatable bonds is 8. The van der Waals surface area contributed by atoms with E-state index < -0.39 is 5.60 Å². The summed E-state index contributed by atoms with van der Waals surface area (Å²) in [6, 6.07) is 21.3. The molecule has 2 atom stereocenters. The van der Waals surface area contributed by atoms with Gasteiger partial charge in [0.2, 0.25) is 0 Å². The minimum absolute atomic E-state index is 0.268. The highest BCUT2D eigenvalue weighted by molar-refractivity contribution is 5.85. The van der Waals surface area contributed by atoms with Crippen molar-refractivity contribution in [2.24, 2.45) is 0 Å². The molecule has 4 nitrogen and oxygen atoms in total. The fourth-order valence-electron chi connectivity index (χ4n) is 5.62. The highest BCUT2D eigenvalue weighted by Gasteiger charge is 2.49. The maximum Gasteiger partial charge on any atom is 0.123 e. The zero-order valence-electron chi connectivity index (χ0n) is 20.2. The first kappa shape index (κ1) is 23.3. The van der Waals surface area contributed by atoms with Crippen molar-refractivity contribution in [2.75, 3.05) is 13.6 Å². The van der Waals surface area contributed by atoms with Gasteiger partial charge in [0.05, 0.1) is 11.6 Å². The molecule has 0 spiro atoms. The Kier molecular flexibility index (Phi) is 6.42. The number of nitrogens with one attached hydrogen (secondary N) is 2. The number of benzene rings is 3. The molecule has 178 valence electrons. The van der Waals surface area contributed by atoms with Crippen molar-refractivity contribution in [3.8, 4) is 6.07 Å². The van der Waals surface area contributed by atoms with Crippen LogP contribution in [0.25, 0.3) is 10.9 Å². The normalized spacial score (nSPS) is 19.1. The smallest absolute Gasteiger partial charge is 0.123 e. The van der Waals surface area contributed by atoms with Gasteiger partial charge in [-0.3, -0.25) is 0 Å². The molecule has 1 aliphatic heterocycles. The van der Waals surface area contributed by atoms with Crippen LogP contribution in [0.1, 0.15) is 65.7 Å². The van der Waals surface area contributed by atoms with Crippen LogP contribution in [0.5, 0.6) is 0 Å². The average Bonchev–Trinajstić information content (AvgIpc) is 3.46. The largest absolute Gasteiger partial charge is 0.361 e. The lowest BCUT2D eigenvalue weighted by molar-refractivity contribution is -0.0373. The fraction of sp³-hybridized carbons (Fsp3) is 0.300. The third-order valence-electron chi connectivity index (χ3n) is 7.12. The molecule has 0 amide bonds. The van der Waals surface area contributed by atoms with Crippen LogP contribution < -0.4 is 5.32 Å². The van der Waals surface area contributed by atoms with Gasteiger partial charge in [-0.1, -0.05) is 49.7 Å². The number of fused-ring (bicyclic) bond motifs is 2. The van der Waals surface area contributed by atoms with Crippen LogP contribution in [-0.2, 0) is 16.8 Å². The Bertz CT molecular complexity index is 1390. The predicted molar refractivity (Wildman–Crippen MR) is 137 cm³/mol. The third kappa shape index (κ3) is 3.93. The Labute approximate surface area is 205 Å². The lowest BCUT2D eigenvalue weighted by Gasteiger charge is -2.33. The monoisotopic (exact) mass is 467 g/mol. The van der Waals surface area contributed by atoms with Gasteiger partial charge < -0.3 is 15.0 Å². The lowest BCUT2D eigenvalue weighted by Crippen LogP contribution is -2.30. The molecular formula is C30H30FN3O. The van der Waals surface area contributed by atoms with E-state index in [2.05, 4.69) is 41.6 Å². The molecular weight excluding hydrogens is 437 g/mol. The highest BCUT2D eigenvalue weighted by Crippen LogP contribution is 2.55. The van der Waals surface area contributed by atoms with Crippen LogP contribution in [0, 0.1) is 17.1 Å². The van der Waals surface area contributed by atoms with Gasteiger partial charge in [-0.05, 0) is 79.4 Å². The molecule has 5 rings (SSSR count). The number of halogens is 1. The Hall–Kier alpha value is -3.46. The van der Waals surface area contributed by atoms with Crippen molar-refractivity contribution in [1.29, 1.82) is 5.26 Å². The molecule has 1 aromatic heterocycles. The Morgan fingerprint density at radius 3 is 2.66 bits per heavy atom. The van der Waals surface area contributed by atoms with Crippen molar-refractivity contribution < 1.29 is 9.13 Å². The van der Waals surface area contributed by atoms with E-state index in [1.54, 1.807) is 12.1 Å². The molecule has 2 heterocycles. The fourth-order valence-corrected chi connectivity index (χ4v) is 5.62. The summed E-state index contributed by atoms with van der Waals surface area (Å²) >= 11 is 0. The van der Waals surface area contributed by atoms with Gasteiger partial charge in [0, 0.05) is 22.7 Å². The summed E-state index contributed by atoms with van der Waals surface area (Å²) in [6.45, 7) is 2.99. The van der Waals surface area contributed by atoms with E-state index in [1.807, 2.05) is 31.3 Å². The van der Waals surface area contributed by atoms with E-state index >= 15 is 0 Å². The van der Waals surface area contributed by atoms with Gasteiger partial charge in [0.15, 0.2) is 0 Å². The van der Waals surface area contributed by atoms with Gasteiger partial charge >= 0.3 is 0 Å². The summed E-state index contributed by atoms with van der Waals surface area (Å²) in [5.74, 6) is -0.268.